The molecule has 0 aliphatic carbocycles. The molecule has 0 atom stereocenters. The van der Waals surface area contributed by atoms with Crippen molar-refractivity contribution in [2.75, 3.05) is 38.1 Å². The summed E-state index contributed by atoms with van der Waals surface area (Å²) in [6.07, 6.45) is 1.28. The standard InChI is InChI=1S/C12H20BrN3S/c1-11-10-17-12(14-11)9-16-5-2-4-15(6-3-13)7-8-16/h10H,2-9H2,1H3. The number of rotatable bonds is 4. The number of thiazole rings is 1. The van der Waals surface area contributed by atoms with Crippen molar-refractivity contribution in [2.45, 2.75) is 19.9 Å². The average Bonchev–Trinajstić information content (AvgIpc) is 2.58. The molecule has 3 nitrogen and oxygen atoms in total. The van der Waals surface area contributed by atoms with Gasteiger partial charge in [0.25, 0.3) is 0 Å². The van der Waals surface area contributed by atoms with E-state index in [9.17, 15) is 0 Å². The van der Waals surface area contributed by atoms with E-state index in [1.54, 1.807) is 11.3 Å². The van der Waals surface area contributed by atoms with E-state index >= 15 is 0 Å². The van der Waals surface area contributed by atoms with Crippen LogP contribution in [0.3, 0.4) is 0 Å². The van der Waals surface area contributed by atoms with Crippen LogP contribution in [0.4, 0.5) is 0 Å². The minimum Gasteiger partial charge on any atom is -0.301 e. The van der Waals surface area contributed by atoms with E-state index in [4.69, 9.17) is 0 Å². The summed E-state index contributed by atoms with van der Waals surface area (Å²) in [6, 6.07) is 0. The van der Waals surface area contributed by atoms with E-state index < -0.39 is 0 Å². The molecule has 1 aliphatic heterocycles. The summed E-state index contributed by atoms with van der Waals surface area (Å²) in [4.78, 5) is 9.62. The lowest BCUT2D eigenvalue weighted by atomic mass is 10.4. The van der Waals surface area contributed by atoms with Gasteiger partial charge in [-0.25, -0.2) is 4.98 Å². The molecule has 0 unspecified atom stereocenters. The van der Waals surface area contributed by atoms with Gasteiger partial charge in [-0.15, -0.1) is 11.3 Å². The highest BCUT2D eigenvalue weighted by Crippen LogP contribution is 2.13. The molecule has 2 rings (SSSR count). The number of hydrogen-bond acceptors (Lipinski definition) is 4. The molecule has 96 valence electrons. The van der Waals surface area contributed by atoms with Crippen molar-refractivity contribution in [1.82, 2.24) is 14.8 Å². The van der Waals surface area contributed by atoms with E-state index in [0.29, 0.717) is 0 Å². The number of halogens is 1. The molecule has 0 amide bonds. The zero-order chi connectivity index (χ0) is 12.1. The number of aryl methyl sites for hydroxylation is 1. The highest BCUT2D eigenvalue weighted by atomic mass is 79.9. The van der Waals surface area contributed by atoms with E-state index in [2.05, 4.69) is 43.0 Å². The lowest BCUT2D eigenvalue weighted by Crippen LogP contribution is -2.31. The fraction of sp³-hybridized carbons (Fsp3) is 0.750. The Morgan fingerprint density at radius 3 is 2.76 bits per heavy atom. The van der Waals surface area contributed by atoms with Crippen LogP contribution in [0.5, 0.6) is 0 Å². The van der Waals surface area contributed by atoms with Gasteiger partial charge in [0, 0.05) is 36.0 Å². The molecular formula is C12H20BrN3S. The third-order valence-corrected chi connectivity index (χ3v) is 4.41. The molecule has 1 aromatic heterocycles. The zero-order valence-corrected chi connectivity index (χ0v) is 12.8. The van der Waals surface area contributed by atoms with E-state index in [-0.39, 0.29) is 0 Å². The largest absolute Gasteiger partial charge is 0.301 e. The molecule has 17 heavy (non-hydrogen) atoms. The van der Waals surface area contributed by atoms with Gasteiger partial charge in [-0.1, -0.05) is 15.9 Å². The Kier molecular flexibility index (Phi) is 5.41. The quantitative estimate of drug-likeness (QED) is 0.795. The molecule has 1 aromatic rings. The molecule has 2 heterocycles. The van der Waals surface area contributed by atoms with E-state index in [1.807, 2.05) is 0 Å². The van der Waals surface area contributed by atoms with Gasteiger partial charge >= 0.3 is 0 Å². The van der Waals surface area contributed by atoms with Crippen LogP contribution in [-0.4, -0.2) is 52.8 Å². The summed E-state index contributed by atoms with van der Waals surface area (Å²) in [5, 5.41) is 4.49. The second-order valence-electron chi connectivity index (χ2n) is 4.54. The third kappa shape index (κ3) is 4.32. The van der Waals surface area contributed by atoms with Crippen LogP contribution < -0.4 is 0 Å². The SMILES string of the molecule is Cc1csc(CN2CCCN(CCBr)CC2)n1. The Hall–Kier alpha value is 0.0300. The van der Waals surface area contributed by atoms with Crippen LogP contribution in [0.25, 0.3) is 0 Å². The fourth-order valence-electron chi connectivity index (χ4n) is 2.19. The van der Waals surface area contributed by atoms with Crippen molar-refractivity contribution in [3.8, 4) is 0 Å². The first kappa shape index (κ1) is 13.5. The van der Waals surface area contributed by atoms with Gasteiger partial charge in [-0.05, 0) is 26.4 Å². The normalized spacial score (nSPS) is 19.4. The Bertz CT molecular complexity index is 342. The van der Waals surface area contributed by atoms with Crippen LogP contribution in [-0.2, 0) is 6.54 Å². The van der Waals surface area contributed by atoms with Crippen LogP contribution in [0.15, 0.2) is 5.38 Å². The monoisotopic (exact) mass is 317 g/mol. The molecule has 0 spiro atoms. The van der Waals surface area contributed by atoms with E-state index in [1.165, 1.54) is 44.2 Å². The van der Waals surface area contributed by atoms with Crippen molar-refractivity contribution in [3.05, 3.63) is 16.1 Å². The van der Waals surface area contributed by atoms with Crippen LogP contribution >= 0.6 is 27.3 Å². The Labute approximate surface area is 116 Å². The van der Waals surface area contributed by atoms with Crippen LogP contribution in [0.1, 0.15) is 17.1 Å². The summed E-state index contributed by atoms with van der Waals surface area (Å²) < 4.78 is 0. The maximum Gasteiger partial charge on any atom is 0.107 e. The molecule has 5 heteroatoms. The second-order valence-corrected chi connectivity index (χ2v) is 6.28. The van der Waals surface area contributed by atoms with Crippen molar-refractivity contribution in [1.29, 1.82) is 0 Å². The minimum atomic E-state index is 1.03. The van der Waals surface area contributed by atoms with Gasteiger partial charge in [-0.2, -0.15) is 0 Å². The van der Waals surface area contributed by atoms with Gasteiger partial charge in [0.15, 0.2) is 0 Å². The summed E-state index contributed by atoms with van der Waals surface area (Å²) >= 11 is 5.31. The smallest absolute Gasteiger partial charge is 0.107 e. The highest BCUT2D eigenvalue weighted by molar-refractivity contribution is 9.09. The molecule has 0 N–H and O–H groups in total. The molecule has 0 radical (unpaired) electrons. The van der Waals surface area contributed by atoms with Gasteiger partial charge in [-0.3, -0.25) is 4.90 Å². The first-order valence-electron chi connectivity index (χ1n) is 6.19. The van der Waals surface area contributed by atoms with Crippen molar-refractivity contribution < 1.29 is 0 Å². The van der Waals surface area contributed by atoms with Gasteiger partial charge in [0.05, 0.1) is 6.54 Å². The topological polar surface area (TPSA) is 19.4 Å². The summed E-state index contributed by atoms with van der Waals surface area (Å²) in [5.74, 6) is 0. The summed E-state index contributed by atoms with van der Waals surface area (Å²) in [5.41, 5.74) is 1.15. The first-order chi connectivity index (χ1) is 8.28. The predicted octanol–water partition coefficient (Wildman–Crippen LogP) is 2.35. The van der Waals surface area contributed by atoms with Gasteiger partial charge in [0.2, 0.25) is 0 Å². The number of hydrogen-bond donors (Lipinski definition) is 0. The molecule has 0 saturated carbocycles. The maximum absolute atomic E-state index is 4.55. The molecule has 0 aromatic carbocycles. The Balaban J connectivity index is 1.82. The lowest BCUT2D eigenvalue weighted by Gasteiger charge is -2.20. The predicted molar refractivity (Wildman–Crippen MR) is 77.0 cm³/mol. The summed E-state index contributed by atoms with van der Waals surface area (Å²) in [6.45, 7) is 9.07. The van der Waals surface area contributed by atoms with Crippen molar-refractivity contribution >= 4 is 27.3 Å². The fourth-order valence-corrected chi connectivity index (χ4v) is 3.51. The minimum absolute atomic E-state index is 1.03. The molecular weight excluding hydrogens is 298 g/mol. The van der Waals surface area contributed by atoms with Crippen LogP contribution in [0, 0.1) is 6.92 Å². The van der Waals surface area contributed by atoms with Crippen LogP contribution in [0.2, 0.25) is 0 Å². The lowest BCUT2D eigenvalue weighted by molar-refractivity contribution is 0.258. The molecule has 1 fully saturated rings. The highest BCUT2D eigenvalue weighted by Gasteiger charge is 2.15. The first-order valence-corrected chi connectivity index (χ1v) is 8.20. The Morgan fingerprint density at radius 2 is 2.06 bits per heavy atom. The van der Waals surface area contributed by atoms with Crippen molar-refractivity contribution in [2.24, 2.45) is 0 Å². The molecule has 1 aliphatic rings. The number of nitrogens with zero attached hydrogens (tertiary/aromatic N) is 3. The average molecular weight is 318 g/mol. The maximum atomic E-state index is 4.55. The van der Waals surface area contributed by atoms with Gasteiger partial charge < -0.3 is 4.90 Å². The number of alkyl halides is 1. The Morgan fingerprint density at radius 1 is 1.29 bits per heavy atom. The molecule has 0 bridgehead atoms. The molecule has 1 saturated heterocycles. The third-order valence-electron chi connectivity index (χ3n) is 3.11. The zero-order valence-electron chi connectivity index (χ0n) is 10.4. The second kappa shape index (κ2) is 6.83. The van der Waals surface area contributed by atoms with E-state index in [0.717, 1.165) is 17.6 Å². The summed E-state index contributed by atoms with van der Waals surface area (Å²) in [7, 11) is 0. The van der Waals surface area contributed by atoms with Crippen molar-refractivity contribution in [3.63, 3.8) is 0 Å². The number of aromatic nitrogens is 1. The van der Waals surface area contributed by atoms with Gasteiger partial charge in [0.1, 0.15) is 5.01 Å².